The Morgan fingerprint density at radius 3 is 2.78 bits per heavy atom. The number of nitro groups is 1. The third-order valence-corrected chi connectivity index (χ3v) is 3.79. The van der Waals surface area contributed by atoms with Crippen molar-refractivity contribution >= 4 is 28.4 Å². The highest BCUT2D eigenvalue weighted by atomic mass is 35.5. The van der Waals surface area contributed by atoms with Crippen LogP contribution in [0.15, 0.2) is 46.9 Å². The Morgan fingerprint density at radius 1 is 1.26 bits per heavy atom. The molecule has 23 heavy (non-hydrogen) atoms. The topological polar surface area (TPSA) is 72.4 Å². The van der Waals surface area contributed by atoms with Crippen LogP contribution in [0.4, 0.5) is 5.69 Å². The lowest BCUT2D eigenvalue weighted by atomic mass is 10.2. The van der Waals surface area contributed by atoms with Crippen molar-refractivity contribution in [2.75, 3.05) is 7.05 Å². The summed E-state index contributed by atoms with van der Waals surface area (Å²) in [6.45, 7) is 0.937. The van der Waals surface area contributed by atoms with Crippen molar-refractivity contribution < 1.29 is 9.34 Å². The molecule has 0 aliphatic carbocycles. The largest absolute Gasteiger partial charge is 0.439 e. The molecular weight excluding hydrogens is 318 g/mol. The maximum Gasteiger partial charge on any atom is 0.269 e. The molecule has 0 aliphatic rings. The Labute approximate surface area is 137 Å². The fraction of sp³-hybridized carbons (Fsp3) is 0.188. The average Bonchev–Trinajstić information content (AvgIpc) is 2.91. The van der Waals surface area contributed by atoms with Crippen molar-refractivity contribution in [2.24, 2.45) is 0 Å². The molecule has 0 atom stereocenters. The van der Waals surface area contributed by atoms with Gasteiger partial charge in [-0.25, -0.2) is 4.98 Å². The van der Waals surface area contributed by atoms with Crippen LogP contribution in [0.2, 0.25) is 5.02 Å². The number of fused-ring (bicyclic) bond motifs is 1. The molecule has 0 spiro atoms. The molecule has 0 fully saturated rings. The highest BCUT2D eigenvalue weighted by Crippen LogP contribution is 2.24. The van der Waals surface area contributed by atoms with Crippen LogP contribution in [0, 0.1) is 10.1 Å². The van der Waals surface area contributed by atoms with Crippen LogP contribution < -0.4 is 0 Å². The maximum atomic E-state index is 10.9. The molecule has 0 radical (unpaired) electrons. The van der Waals surface area contributed by atoms with Gasteiger partial charge in [-0.1, -0.05) is 23.7 Å². The number of nitro benzene ring substituents is 1. The van der Waals surface area contributed by atoms with Gasteiger partial charge in [0.15, 0.2) is 5.58 Å². The normalized spacial score (nSPS) is 11.3. The molecule has 6 nitrogen and oxygen atoms in total. The summed E-state index contributed by atoms with van der Waals surface area (Å²) in [7, 11) is 1.88. The Balaban J connectivity index is 1.75. The lowest BCUT2D eigenvalue weighted by Gasteiger charge is -2.15. The van der Waals surface area contributed by atoms with Crippen molar-refractivity contribution in [3.05, 3.63) is 69.1 Å². The fourth-order valence-corrected chi connectivity index (χ4v) is 2.54. The number of rotatable bonds is 5. The van der Waals surface area contributed by atoms with Crippen LogP contribution >= 0.6 is 11.6 Å². The average molecular weight is 332 g/mol. The van der Waals surface area contributed by atoms with E-state index in [1.807, 2.05) is 36.2 Å². The lowest BCUT2D eigenvalue weighted by Crippen LogP contribution is -2.17. The Hall–Kier alpha value is -2.44. The van der Waals surface area contributed by atoms with Gasteiger partial charge in [0.05, 0.1) is 11.5 Å². The minimum absolute atomic E-state index is 0.0275. The lowest BCUT2D eigenvalue weighted by molar-refractivity contribution is -0.384. The Kier molecular flexibility index (Phi) is 4.27. The smallest absolute Gasteiger partial charge is 0.269 e. The molecule has 0 bridgehead atoms. The monoisotopic (exact) mass is 331 g/mol. The molecule has 0 aliphatic heterocycles. The van der Waals surface area contributed by atoms with E-state index in [1.165, 1.54) is 12.1 Å². The van der Waals surface area contributed by atoms with Gasteiger partial charge < -0.3 is 4.42 Å². The Bertz CT molecular complexity index is 830. The van der Waals surface area contributed by atoms with E-state index in [1.54, 1.807) is 6.07 Å². The summed E-state index contributed by atoms with van der Waals surface area (Å²) in [5, 5.41) is 11.4. The summed E-state index contributed by atoms with van der Waals surface area (Å²) in [4.78, 5) is 16.8. The van der Waals surface area contributed by atoms with Crippen molar-refractivity contribution in [3.8, 4) is 0 Å². The number of nitrogens with zero attached hydrogens (tertiary/aromatic N) is 3. The molecule has 3 aromatic rings. The molecule has 7 heteroatoms. The van der Waals surface area contributed by atoms with Gasteiger partial charge in [-0.15, -0.1) is 0 Å². The molecule has 0 saturated heterocycles. The second-order valence-corrected chi connectivity index (χ2v) is 5.69. The maximum absolute atomic E-state index is 10.9. The van der Waals surface area contributed by atoms with Gasteiger partial charge >= 0.3 is 0 Å². The van der Waals surface area contributed by atoms with Crippen molar-refractivity contribution in [3.63, 3.8) is 0 Å². The zero-order valence-corrected chi connectivity index (χ0v) is 13.2. The molecule has 0 unspecified atom stereocenters. The van der Waals surface area contributed by atoms with Gasteiger partial charge in [-0.3, -0.25) is 15.0 Å². The van der Waals surface area contributed by atoms with Gasteiger partial charge in [0.25, 0.3) is 5.69 Å². The third kappa shape index (κ3) is 3.49. The number of benzene rings is 2. The van der Waals surface area contributed by atoms with Crippen molar-refractivity contribution in [2.45, 2.75) is 13.1 Å². The first-order valence-electron chi connectivity index (χ1n) is 6.99. The van der Waals surface area contributed by atoms with E-state index in [2.05, 4.69) is 4.98 Å². The highest BCUT2D eigenvalue weighted by molar-refractivity contribution is 6.31. The van der Waals surface area contributed by atoms with Gasteiger partial charge in [-0.05, 0) is 30.8 Å². The minimum Gasteiger partial charge on any atom is -0.439 e. The zero-order valence-electron chi connectivity index (χ0n) is 12.4. The molecule has 2 aromatic carbocycles. The van der Waals surface area contributed by atoms with Crippen LogP contribution in [-0.4, -0.2) is 21.9 Å². The third-order valence-electron chi connectivity index (χ3n) is 3.42. The van der Waals surface area contributed by atoms with E-state index >= 15 is 0 Å². The number of para-hydroxylation sites is 2. The highest BCUT2D eigenvalue weighted by Gasteiger charge is 2.13. The summed E-state index contributed by atoms with van der Waals surface area (Å²) in [5.74, 6) is 0.593. The Morgan fingerprint density at radius 2 is 2.04 bits per heavy atom. The summed E-state index contributed by atoms with van der Waals surface area (Å²) in [6.07, 6.45) is 0. The van der Waals surface area contributed by atoms with Gasteiger partial charge in [0.1, 0.15) is 5.52 Å². The van der Waals surface area contributed by atoms with Gasteiger partial charge in [0.2, 0.25) is 5.89 Å². The summed E-state index contributed by atoms with van der Waals surface area (Å²) < 4.78 is 5.67. The van der Waals surface area contributed by atoms with E-state index in [-0.39, 0.29) is 5.69 Å². The molecular formula is C16H14ClN3O3. The fourth-order valence-electron chi connectivity index (χ4n) is 2.36. The SMILES string of the molecule is CN(Cc1nc2ccccc2o1)Cc1cc([N+](=O)[O-])ccc1Cl. The van der Waals surface area contributed by atoms with Crippen molar-refractivity contribution in [1.82, 2.24) is 9.88 Å². The van der Waals surface area contributed by atoms with E-state index in [4.69, 9.17) is 16.0 Å². The molecule has 118 valence electrons. The van der Waals surface area contributed by atoms with Gasteiger partial charge in [0, 0.05) is 23.7 Å². The molecule has 0 amide bonds. The second-order valence-electron chi connectivity index (χ2n) is 5.28. The van der Waals surface area contributed by atoms with Crippen LogP contribution in [-0.2, 0) is 13.1 Å². The molecule has 0 N–H and O–H groups in total. The number of hydrogen-bond acceptors (Lipinski definition) is 5. The van der Waals surface area contributed by atoms with Crippen molar-refractivity contribution in [1.29, 1.82) is 0 Å². The first-order valence-corrected chi connectivity index (χ1v) is 7.36. The second kappa shape index (κ2) is 6.36. The summed E-state index contributed by atoms with van der Waals surface area (Å²) >= 11 is 6.12. The predicted octanol–water partition coefficient (Wildman–Crippen LogP) is 4.02. The molecule has 1 heterocycles. The van der Waals surface area contributed by atoms with Gasteiger partial charge in [-0.2, -0.15) is 0 Å². The van der Waals surface area contributed by atoms with E-state index in [0.29, 0.717) is 29.6 Å². The van der Waals surface area contributed by atoms with Crippen LogP contribution in [0.5, 0.6) is 0 Å². The molecule has 1 aromatic heterocycles. The number of hydrogen-bond donors (Lipinski definition) is 0. The number of non-ortho nitro benzene ring substituents is 1. The van der Waals surface area contributed by atoms with Crippen LogP contribution in [0.1, 0.15) is 11.5 Å². The quantitative estimate of drug-likeness (QED) is 0.521. The number of halogens is 1. The summed E-state index contributed by atoms with van der Waals surface area (Å²) in [6, 6.07) is 12.0. The minimum atomic E-state index is -0.430. The summed E-state index contributed by atoms with van der Waals surface area (Å²) in [5.41, 5.74) is 2.27. The van der Waals surface area contributed by atoms with E-state index in [0.717, 1.165) is 11.1 Å². The predicted molar refractivity (Wildman–Crippen MR) is 87.3 cm³/mol. The van der Waals surface area contributed by atoms with E-state index < -0.39 is 4.92 Å². The van der Waals surface area contributed by atoms with Crippen LogP contribution in [0.3, 0.4) is 0 Å². The van der Waals surface area contributed by atoms with E-state index in [9.17, 15) is 10.1 Å². The first kappa shape index (κ1) is 15.5. The van der Waals surface area contributed by atoms with Crippen LogP contribution in [0.25, 0.3) is 11.1 Å². The number of aromatic nitrogens is 1. The standard InChI is InChI=1S/C16H14ClN3O3/c1-19(9-11-8-12(20(21)22)6-7-13(11)17)10-16-18-14-4-2-3-5-15(14)23-16/h2-8H,9-10H2,1H3. The molecule has 3 rings (SSSR count). The zero-order chi connectivity index (χ0) is 16.4. The number of oxazole rings is 1. The molecule has 0 saturated carbocycles. The first-order chi connectivity index (χ1) is 11.0.